The highest BCUT2D eigenvalue weighted by molar-refractivity contribution is 5.97. The number of imidazole rings is 1. The number of hydrogen-bond donors (Lipinski definition) is 1. The van der Waals surface area contributed by atoms with Crippen molar-refractivity contribution in [2.24, 2.45) is 5.92 Å². The van der Waals surface area contributed by atoms with Gasteiger partial charge in [-0.05, 0) is 70.0 Å². The number of halogens is 1. The first-order valence-electron chi connectivity index (χ1n) is 10.5. The summed E-state index contributed by atoms with van der Waals surface area (Å²) in [4.78, 5) is 35.0. The van der Waals surface area contributed by atoms with Crippen molar-refractivity contribution in [3.63, 3.8) is 0 Å². The number of likely N-dealkylation sites (tertiary alicyclic amines) is 1. The van der Waals surface area contributed by atoms with Crippen LogP contribution in [0.5, 0.6) is 0 Å². The zero-order chi connectivity index (χ0) is 22.0. The number of ketones is 1. The summed E-state index contributed by atoms with van der Waals surface area (Å²) in [5.74, 6) is -0.327. The van der Waals surface area contributed by atoms with Gasteiger partial charge in [-0.3, -0.25) is 9.59 Å². The van der Waals surface area contributed by atoms with Crippen molar-refractivity contribution in [2.75, 3.05) is 19.6 Å². The molecule has 0 bridgehead atoms. The van der Waals surface area contributed by atoms with Gasteiger partial charge in [-0.25, -0.2) is 13.8 Å². The van der Waals surface area contributed by atoms with E-state index in [0.717, 1.165) is 38.0 Å². The molecule has 4 rings (SSSR count). The van der Waals surface area contributed by atoms with Gasteiger partial charge in [0.2, 0.25) is 0 Å². The standard InChI is InChI=1S/C23H24FN5O2/c1-15-19(23(31)29-14-26-20(13-25)22(29)27-15)9-12-28-10-2-3-16(8-11-28)21(30)17-4-6-18(24)7-5-17/h4-7,14,16,27H,2-3,8-12H2,1H3. The molecule has 1 aliphatic rings. The number of Topliss-reactive ketones (excluding diaryl/α,β-unsaturated/α-hetero) is 1. The minimum atomic E-state index is -0.341. The van der Waals surface area contributed by atoms with E-state index in [2.05, 4.69) is 14.9 Å². The van der Waals surface area contributed by atoms with Gasteiger partial charge in [-0.1, -0.05) is 0 Å². The molecule has 0 amide bonds. The average molecular weight is 421 g/mol. The first-order valence-corrected chi connectivity index (χ1v) is 10.5. The van der Waals surface area contributed by atoms with Crippen molar-refractivity contribution >= 4 is 11.4 Å². The first-order chi connectivity index (χ1) is 15.0. The van der Waals surface area contributed by atoms with E-state index in [1.54, 1.807) is 12.1 Å². The number of carbonyl (C=O) groups excluding carboxylic acids is 1. The summed E-state index contributed by atoms with van der Waals surface area (Å²) < 4.78 is 14.5. The number of aromatic amines is 1. The number of hydrogen-bond acceptors (Lipinski definition) is 5. The Morgan fingerprint density at radius 1 is 1.29 bits per heavy atom. The summed E-state index contributed by atoms with van der Waals surface area (Å²) in [6.45, 7) is 4.20. The first kappa shape index (κ1) is 20.9. The Morgan fingerprint density at radius 2 is 2.06 bits per heavy atom. The van der Waals surface area contributed by atoms with E-state index in [9.17, 15) is 14.0 Å². The fourth-order valence-corrected chi connectivity index (χ4v) is 4.32. The molecule has 8 heteroatoms. The second kappa shape index (κ2) is 8.82. The number of nitrogens with zero attached hydrogens (tertiary/aromatic N) is 4. The molecule has 31 heavy (non-hydrogen) atoms. The molecule has 0 aliphatic carbocycles. The molecule has 2 aromatic heterocycles. The number of nitrogens with one attached hydrogen (secondary N) is 1. The van der Waals surface area contributed by atoms with Crippen LogP contribution in [0, 0.1) is 30.0 Å². The van der Waals surface area contributed by atoms with Crippen LogP contribution < -0.4 is 5.56 Å². The second-order valence-corrected chi connectivity index (χ2v) is 8.05. The lowest BCUT2D eigenvalue weighted by Gasteiger charge is -2.20. The Bertz CT molecular complexity index is 1210. The molecule has 160 valence electrons. The minimum absolute atomic E-state index is 0.0627. The van der Waals surface area contributed by atoms with Crippen molar-refractivity contribution in [3.05, 3.63) is 69.3 Å². The molecule has 0 radical (unpaired) electrons. The molecule has 1 N–H and O–H groups in total. The maximum absolute atomic E-state index is 13.1. The maximum atomic E-state index is 13.1. The number of aryl methyl sites for hydroxylation is 1. The molecule has 1 saturated heterocycles. The van der Waals surface area contributed by atoms with Crippen LogP contribution >= 0.6 is 0 Å². The van der Waals surface area contributed by atoms with E-state index in [-0.39, 0.29) is 28.8 Å². The van der Waals surface area contributed by atoms with Crippen LogP contribution in [0.15, 0.2) is 35.4 Å². The van der Waals surface area contributed by atoms with Crippen LogP contribution in [0.3, 0.4) is 0 Å². The summed E-state index contributed by atoms with van der Waals surface area (Å²) in [7, 11) is 0. The normalized spacial score (nSPS) is 17.4. The lowest BCUT2D eigenvalue weighted by atomic mass is 9.91. The second-order valence-electron chi connectivity index (χ2n) is 8.05. The zero-order valence-electron chi connectivity index (χ0n) is 17.4. The molecule has 1 unspecified atom stereocenters. The van der Waals surface area contributed by atoms with Gasteiger partial charge in [0.05, 0.1) is 0 Å². The van der Waals surface area contributed by atoms with Crippen LogP contribution in [0.25, 0.3) is 5.65 Å². The molecule has 7 nitrogen and oxygen atoms in total. The Kier molecular flexibility index (Phi) is 5.96. The molecule has 0 saturated carbocycles. The average Bonchev–Trinajstić information content (AvgIpc) is 3.03. The number of nitriles is 1. The summed E-state index contributed by atoms with van der Waals surface area (Å²) in [6.07, 6.45) is 4.42. The number of rotatable bonds is 5. The fraction of sp³-hybridized carbons (Fsp3) is 0.391. The van der Waals surface area contributed by atoms with Crippen molar-refractivity contribution < 1.29 is 9.18 Å². The number of carbonyl (C=O) groups is 1. The van der Waals surface area contributed by atoms with Gasteiger partial charge in [0.15, 0.2) is 17.1 Å². The number of aromatic nitrogens is 3. The molecule has 0 spiro atoms. The van der Waals surface area contributed by atoms with Gasteiger partial charge < -0.3 is 9.88 Å². The van der Waals surface area contributed by atoms with E-state index in [1.165, 1.54) is 22.9 Å². The number of H-pyrrole nitrogens is 1. The van der Waals surface area contributed by atoms with E-state index in [1.807, 2.05) is 13.0 Å². The van der Waals surface area contributed by atoms with E-state index >= 15 is 0 Å². The third-order valence-corrected chi connectivity index (χ3v) is 6.11. The van der Waals surface area contributed by atoms with Crippen molar-refractivity contribution in [2.45, 2.75) is 32.6 Å². The van der Waals surface area contributed by atoms with Gasteiger partial charge in [0, 0.05) is 29.3 Å². The Labute approximate surface area is 179 Å². The molecule has 1 aromatic carbocycles. The third kappa shape index (κ3) is 4.28. The lowest BCUT2D eigenvalue weighted by molar-refractivity contribution is 0.0907. The summed E-state index contributed by atoms with van der Waals surface area (Å²) in [5.41, 5.74) is 2.46. The molecular formula is C23H24FN5O2. The van der Waals surface area contributed by atoms with Crippen LogP contribution in [-0.2, 0) is 6.42 Å². The van der Waals surface area contributed by atoms with Gasteiger partial charge in [0.1, 0.15) is 18.2 Å². The third-order valence-electron chi connectivity index (χ3n) is 6.11. The van der Waals surface area contributed by atoms with Gasteiger partial charge >= 0.3 is 0 Å². The fourth-order valence-electron chi connectivity index (χ4n) is 4.32. The van der Waals surface area contributed by atoms with Crippen LogP contribution in [0.1, 0.15) is 46.6 Å². The predicted octanol–water partition coefficient (Wildman–Crippen LogP) is 2.87. The highest BCUT2D eigenvalue weighted by Crippen LogP contribution is 2.22. The highest BCUT2D eigenvalue weighted by Gasteiger charge is 2.24. The molecule has 1 fully saturated rings. The zero-order valence-corrected chi connectivity index (χ0v) is 17.4. The van der Waals surface area contributed by atoms with Gasteiger partial charge in [-0.15, -0.1) is 0 Å². The molecule has 1 aliphatic heterocycles. The number of fused-ring (bicyclic) bond motifs is 1. The highest BCUT2D eigenvalue weighted by atomic mass is 19.1. The minimum Gasteiger partial charge on any atom is -0.342 e. The Morgan fingerprint density at radius 3 is 2.81 bits per heavy atom. The van der Waals surface area contributed by atoms with Gasteiger partial charge in [-0.2, -0.15) is 5.26 Å². The lowest BCUT2D eigenvalue weighted by Crippen LogP contribution is -2.30. The molecular weight excluding hydrogens is 397 g/mol. The van der Waals surface area contributed by atoms with Gasteiger partial charge in [0.25, 0.3) is 5.56 Å². The SMILES string of the molecule is Cc1[nH]c2c(C#N)ncn2c(=O)c1CCN1CCCC(C(=O)c2ccc(F)cc2)CC1. The quantitative estimate of drug-likeness (QED) is 0.640. The van der Waals surface area contributed by atoms with E-state index < -0.39 is 0 Å². The summed E-state index contributed by atoms with van der Waals surface area (Å²) >= 11 is 0. The summed E-state index contributed by atoms with van der Waals surface area (Å²) in [5, 5.41) is 9.13. The topological polar surface area (TPSA) is 94.3 Å². The number of benzene rings is 1. The largest absolute Gasteiger partial charge is 0.342 e. The predicted molar refractivity (Wildman–Crippen MR) is 113 cm³/mol. The molecule has 3 aromatic rings. The molecule has 3 heterocycles. The van der Waals surface area contributed by atoms with Crippen LogP contribution in [0.4, 0.5) is 4.39 Å². The van der Waals surface area contributed by atoms with E-state index in [4.69, 9.17) is 5.26 Å². The van der Waals surface area contributed by atoms with Crippen LogP contribution in [-0.4, -0.2) is 44.7 Å². The Balaban J connectivity index is 1.41. The smallest absolute Gasteiger partial charge is 0.262 e. The van der Waals surface area contributed by atoms with Crippen LogP contribution in [0.2, 0.25) is 0 Å². The maximum Gasteiger partial charge on any atom is 0.262 e. The Hall–Kier alpha value is -3.31. The van der Waals surface area contributed by atoms with Crippen molar-refractivity contribution in [3.8, 4) is 6.07 Å². The summed E-state index contributed by atoms with van der Waals surface area (Å²) in [6, 6.07) is 7.75. The van der Waals surface area contributed by atoms with E-state index in [0.29, 0.717) is 29.7 Å². The van der Waals surface area contributed by atoms with Crippen molar-refractivity contribution in [1.82, 2.24) is 19.3 Å². The molecule has 1 atom stereocenters. The monoisotopic (exact) mass is 421 g/mol. The van der Waals surface area contributed by atoms with Crippen molar-refractivity contribution in [1.29, 1.82) is 5.26 Å².